The van der Waals surface area contributed by atoms with Crippen LogP contribution in [-0.4, -0.2) is 37.0 Å². The molecule has 1 aliphatic rings. The fraction of sp³-hybridized carbons (Fsp3) is 0.714. The third-order valence-corrected chi connectivity index (χ3v) is 5.08. The first-order valence-electron chi connectivity index (χ1n) is 9.84. The highest BCUT2D eigenvalue weighted by Crippen LogP contribution is 2.26. The van der Waals surface area contributed by atoms with Gasteiger partial charge in [0.25, 0.3) is 0 Å². The lowest BCUT2D eigenvalue weighted by Crippen LogP contribution is -2.47. The van der Waals surface area contributed by atoms with Crippen molar-refractivity contribution in [2.24, 2.45) is 0 Å². The van der Waals surface area contributed by atoms with E-state index in [-0.39, 0.29) is 0 Å². The summed E-state index contributed by atoms with van der Waals surface area (Å²) in [6.45, 7) is 5.34. The number of unbranched alkanes of at least 4 members (excludes halogenated alkanes) is 6. The summed E-state index contributed by atoms with van der Waals surface area (Å²) in [6, 6.07) is 10.5. The molecule has 1 aliphatic heterocycles. The molecule has 1 aromatic rings. The molecule has 0 radical (unpaired) electrons. The van der Waals surface area contributed by atoms with Crippen molar-refractivity contribution in [2.75, 3.05) is 31.2 Å². The number of hydrogen-bond donors (Lipinski definition) is 1. The van der Waals surface area contributed by atoms with Gasteiger partial charge in [-0.2, -0.15) is 0 Å². The van der Waals surface area contributed by atoms with Gasteiger partial charge in [-0.05, 0) is 31.4 Å². The van der Waals surface area contributed by atoms with E-state index in [4.69, 9.17) is 4.74 Å². The highest BCUT2D eigenvalue weighted by molar-refractivity contribution is 5.46. The Labute approximate surface area is 148 Å². The van der Waals surface area contributed by atoms with Gasteiger partial charge in [-0.15, -0.1) is 0 Å². The average molecular weight is 334 g/mol. The Morgan fingerprint density at radius 1 is 0.958 bits per heavy atom. The lowest BCUT2D eigenvalue weighted by atomic mass is 9.92. The second kappa shape index (κ2) is 10.7. The standard InChI is InChI=1S/C21H35NO2/c1-2-3-4-5-6-7-11-18-24-19-21(23)14-16-22(17-15-21)20-12-9-8-10-13-20/h8-10,12-13,23H,2-7,11,14-19H2,1H3. The van der Waals surface area contributed by atoms with Crippen molar-refractivity contribution in [3.63, 3.8) is 0 Å². The molecular formula is C21H35NO2. The van der Waals surface area contributed by atoms with Gasteiger partial charge in [-0.3, -0.25) is 0 Å². The quantitative estimate of drug-likeness (QED) is 0.591. The molecule has 1 fully saturated rings. The fourth-order valence-corrected chi connectivity index (χ4v) is 3.39. The predicted octanol–water partition coefficient (Wildman–Crippen LogP) is 4.79. The molecule has 0 spiro atoms. The number of ether oxygens (including phenoxy) is 1. The zero-order valence-electron chi connectivity index (χ0n) is 15.4. The van der Waals surface area contributed by atoms with E-state index in [0.717, 1.165) is 39.0 Å². The van der Waals surface area contributed by atoms with Gasteiger partial charge in [0.2, 0.25) is 0 Å². The molecule has 1 aromatic carbocycles. The summed E-state index contributed by atoms with van der Waals surface area (Å²) in [4.78, 5) is 2.35. The summed E-state index contributed by atoms with van der Waals surface area (Å²) >= 11 is 0. The van der Waals surface area contributed by atoms with Crippen LogP contribution >= 0.6 is 0 Å². The van der Waals surface area contributed by atoms with Crippen LogP contribution in [0.1, 0.15) is 64.7 Å². The van der Waals surface area contributed by atoms with Crippen molar-refractivity contribution < 1.29 is 9.84 Å². The van der Waals surface area contributed by atoms with Crippen LogP contribution in [0.3, 0.4) is 0 Å². The first kappa shape index (κ1) is 19.3. The van der Waals surface area contributed by atoms with Crippen molar-refractivity contribution in [2.45, 2.75) is 70.3 Å². The molecule has 0 atom stereocenters. The highest BCUT2D eigenvalue weighted by atomic mass is 16.5. The molecule has 24 heavy (non-hydrogen) atoms. The molecule has 1 N–H and O–H groups in total. The van der Waals surface area contributed by atoms with Crippen molar-refractivity contribution in [3.05, 3.63) is 30.3 Å². The summed E-state index contributed by atoms with van der Waals surface area (Å²) in [5.74, 6) is 0. The lowest BCUT2D eigenvalue weighted by Gasteiger charge is -2.39. The van der Waals surface area contributed by atoms with Gasteiger partial charge in [-0.1, -0.05) is 63.6 Å². The summed E-state index contributed by atoms with van der Waals surface area (Å²) in [5.41, 5.74) is 0.621. The van der Waals surface area contributed by atoms with Crippen LogP contribution in [0.2, 0.25) is 0 Å². The average Bonchev–Trinajstić information content (AvgIpc) is 2.62. The van der Waals surface area contributed by atoms with E-state index in [1.165, 1.54) is 44.2 Å². The Bertz CT molecular complexity index is 427. The Balaban J connectivity index is 1.54. The third kappa shape index (κ3) is 6.82. The highest BCUT2D eigenvalue weighted by Gasteiger charge is 2.32. The molecule has 0 unspecified atom stereocenters. The van der Waals surface area contributed by atoms with Gasteiger partial charge in [0.05, 0.1) is 12.2 Å². The van der Waals surface area contributed by atoms with Crippen LogP contribution in [-0.2, 0) is 4.74 Å². The van der Waals surface area contributed by atoms with E-state index < -0.39 is 5.60 Å². The monoisotopic (exact) mass is 333 g/mol. The van der Waals surface area contributed by atoms with Gasteiger partial charge in [0.1, 0.15) is 0 Å². The Morgan fingerprint density at radius 3 is 2.25 bits per heavy atom. The summed E-state index contributed by atoms with van der Waals surface area (Å²) in [7, 11) is 0. The molecule has 1 saturated heterocycles. The van der Waals surface area contributed by atoms with Crippen LogP contribution < -0.4 is 4.90 Å². The van der Waals surface area contributed by atoms with Gasteiger partial charge < -0.3 is 14.7 Å². The van der Waals surface area contributed by atoms with E-state index >= 15 is 0 Å². The molecular weight excluding hydrogens is 298 g/mol. The minimum atomic E-state index is -0.633. The van der Waals surface area contributed by atoms with Gasteiger partial charge >= 0.3 is 0 Å². The summed E-state index contributed by atoms with van der Waals surface area (Å²) in [6.07, 6.45) is 10.7. The van der Waals surface area contributed by atoms with E-state index in [1.807, 2.05) is 6.07 Å². The molecule has 3 nitrogen and oxygen atoms in total. The molecule has 0 aliphatic carbocycles. The maximum absolute atomic E-state index is 10.7. The van der Waals surface area contributed by atoms with Gasteiger partial charge in [0.15, 0.2) is 0 Å². The first-order chi connectivity index (χ1) is 11.7. The molecule has 0 bridgehead atoms. The first-order valence-corrected chi connectivity index (χ1v) is 9.84. The number of piperidine rings is 1. The molecule has 136 valence electrons. The molecule has 3 heteroatoms. The largest absolute Gasteiger partial charge is 0.387 e. The van der Waals surface area contributed by atoms with Crippen molar-refractivity contribution in [1.29, 1.82) is 0 Å². The topological polar surface area (TPSA) is 32.7 Å². The molecule has 0 aromatic heterocycles. The fourth-order valence-electron chi connectivity index (χ4n) is 3.39. The minimum Gasteiger partial charge on any atom is -0.387 e. The number of nitrogens with zero attached hydrogens (tertiary/aromatic N) is 1. The second-order valence-electron chi connectivity index (χ2n) is 7.22. The SMILES string of the molecule is CCCCCCCCCOCC1(O)CCN(c2ccccc2)CC1. The van der Waals surface area contributed by atoms with Crippen molar-refractivity contribution >= 4 is 5.69 Å². The maximum Gasteiger partial charge on any atom is 0.0913 e. The van der Waals surface area contributed by atoms with E-state index in [0.29, 0.717) is 6.61 Å². The molecule has 0 saturated carbocycles. The van der Waals surface area contributed by atoms with Gasteiger partial charge in [0, 0.05) is 25.4 Å². The van der Waals surface area contributed by atoms with Crippen LogP contribution in [0.5, 0.6) is 0 Å². The Hall–Kier alpha value is -1.06. The molecule has 0 amide bonds. The number of rotatable bonds is 11. The van der Waals surface area contributed by atoms with Crippen LogP contribution in [0.15, 0.2) is 30.3 Å². The number of para-hydroxylation sites is 1. The second-order valence-corrected chi connectivity index (χ2v) is 7.22. The number of anilines is 1. The summed E-state index contributed by atoms with van der Waals surface area (Å²) < 4.78 is 5.78. The zero-order valence-corrected chi connectivity index (χ0v) is 15.4. The maximum atomic E-state index is 10.7. The number of hydrogen-bond acceptors (Lipinski definition) is 3. The number of benzene rings is 1. The minimum absolute atomic E-state index is 0.492. The smallest absolute Gasteiger partial charge is 0.0913 e. The lowest BCUT2D eigenvalue weighted by molar-refractivity contribution is -0.0612. The van der Waals surface area contributed by atoms with Gasteiger partial charge in [-0.25, -0.2) is 0 Å². The predicted molar refractivity (Wildman–Crippen MR) is 102 cm³/mol. The number of aliphatic hydroxyl groups is 1. The zero-order chi connectivity index (χ0) is 17.1. The van der Waals surface area contributed by atoms with E-state index in [1.54, 1.807) is 0 Å². The van der Waals surface area contributed by atoms with Crippen LogP contribution in [0.4, 0.5) is 5.69 Å². The van der Waals surface area contributed by atoms with Crippen molar-refractivity contribution in [1.82, 2.24) is 0 Å². The molecule has 2 rings (SSSR count). The van der Waals surface area contributed by atoms with Crippen molar-refractivity contribution in [3.8, 4) is 0 Å². The van der Waals surface area contributed by atoms with E-state index in [2.05, 4.69) is 36.1 Å². The third-order valence-electron chi connectivity index (χ3n) is 5.08. The Morgan fingerprint density at radius 2 is 1.58 bits per heavy atom. The van der Waals surface area contributed by atoms with Crippen LogP contribution in [0.25, 0.3) is 0 Å². The molecule has 1 heterocycles. The Kier molecular flexibility index (Phi) is 8.62. The summed E-state index contributed by atoms with van der Waals surface area (Å²) in [5, 5.41) is 10.7. The normalized spacial score (nSPS) is 17.2. The van der Waals surface area contributed by atoms with Crippen LogP contribution in [0, 0.1) is 0 Å². The van der Waals surface area contributed by atoms with E-state index in [9.17, 15) is 5.11 Å².